The Morgan fingerprint density at radius 3 is 1.93 bits per heavy atom. The third-order valence-corrected chi connectivity index (χ3v) is 4.65. The molecule has 0 saturated carbocycles. The number of amides is 2. The normalized spacial score (nSPS) is 10.6. The summed E-state index contributed by atoms with van der Waals surface area (Å²) in [6.07, 6.45) is 1.49. The molecular weight excluding hydrogens is 399 g/mol. The van der Waals surface area contributed by atoms with Crippen molar-refractivity contribution in [2.45, 2.75) is 13.8 Å². The molecule has 3 rings (SSSR count). The second-order valence-electron chi connectivity index (χ2n) is 6.39. The van der Waals surface area contributed by atoms with Crippen LogP contribution in [0.5, 0.6) is 0 Å². The van der Waals surface area contributed by atoms with E-state index in [1.54, 1.807) is 43.4 Å². The molecular formula is C20H18Cl2N4O2. The fraction of sp³-hybridized carbons (Fsp3) is 0.150. The molecule has 0 unspecified atom stereocenters. The van der Waals surface area contributed by atoms with E-state index in [9.17, 15) is 9.59 Å². The smallest absolute Gasteiger partial charge is 0.277 e. The van der Waals surface area contributed by atoms with E-state index in [2.05, 4.69) is 15.7 Å². The zero-order chi connectivity index (χ0) is 20.4. The molecule has 2 N–H and O–H groups in total. The van der Waals surface area contributed by atoms with Gasteiger partial charge < -0.3 is 10.6 Å². The Labute approximate surface area is 172 Å². The Morgan fingerprint density at radius 2 is 1.39 bits per heavy atom. The Balaban J connectivity index is 1.88. The van der Waals surface area contributed by atoms with Gasteiger partial charge >= 0.3 is 0 Å². The van der Waals surface area contributed by atoms with E-state index in [1.165, 1.54) is 10.9 Å². The van der Waals surface area contributed by atoms with Crippen molar-refractivity contribution in [3.8, 4) is 0 Å². The number of nitrogens with zero attached hydrogens (tertiary/aromatic N) is 2. The number of halogens is 2. The lowest BCUT2D eigenvalue weighted by atomic mass is 10.1. The summed E-state index contributed by atoms with van der Waals surface area (Å²) in [5, 5.41) is 10.7. The first kappa shape index (κ1) is 19.9. The van der Waals surface area contributed by atoms with Crippen molar-refractivity contribution in [3.05, 3.63) is 75.0 Å². The second kappa shape index (κ2) is 8.04. The minimum atomic E-state index is -0.501. The summed E-state index contributed by atoms with van der Waals surface area (Å²) in [6, 6.07) is 10.4. The van der Waals surface area contributed by atoms with Gasteiger partial charge in [-0.2, -0.15) is 5.10 Å². The SMILES string of the molecule is Cc1ccc(Cl)cc1NC(=O)c1cn(C)nc1C(=O)Nc1cc(Cl)ccc1C. The first-order valence-electron chi connectivity index (χ1n) is 8.43. The van der Waals surface area contributed by atoms with Crippen LogP contribution in [0, 0.1) is 13.8 Å². The van der Waals surface area contributed by atoms with Crippen molar-refractivity contribution in [2.75, 3.05) is 10.6 Å². The van der Waals surface area contributed by atoms with Crippen molar-refractivity contribution >= 4 is 46.4 Å². The van der Waals surface area contributed by atoms with E-state index < -0.39 is 11.8 Å². The fourth-order valence-electron chi connectivity index (χ4n) is 2.65. The van der Waals surface area contributed by atoms with Crippen molar-refractivity contribution in [1.82, 2.24) is 9.78 Å². The predicted molar refractivity (Wildman–Crippen MR) is 111 cm³/mol. The molecule has 1 heterocycles. The minimum absolute atomic E-state index is 0.0130. The molecule has 0 bridgehead atoms. The van der Waals surface area contributed by atoms with Crippen LogP contribution in [0.4, 0.5) is 11.4 Å². The van der Waals surface area contributed by atoms with Gasteiger partial charge in [0, 0.05) is 34.7 Å². The number of nitrogens with one attached hydrogen (secondary N) is 2. The highest BCUT2D eigenvalue weighted by atomic mass is 35.5. The molecule has 2 aromatic carbocycles. The van der Waals surface area contributed by atoms with Gasteiger partial charge in [-0.1, -0.05) is 35.3 Å². The Morgan fingerprint density at radius 1 is 0.893 bits per heavy atom. The summed E-state index contributed by atoms with van der Waals surface area (Å²) in [5.74, 6) is -0.953. The van der Waals surface area contributed by atoms with Crippen LogP contribution in [0.1, 0.15) is 32.0 Å². The predicted octanol–water partition coefficient (Wildman–Crippen LogP) is 4.85. The number of hydrogen-bond acceptors (Lipinski definition) is 3. The number of benzene rings is 2. The molecule has 0 atom stereocenters. The molecule has 3 aromatic rings. The number of anilines is 2. The number of hydrogen-bond donors (Lipinski definition) is 2. The summed E-state index contributed by atoms with van der Waals surface area (Å²) >= 11 is 12.0. The molecule has 8 heteroatoms. The highest BCUT2D eigenvalue weighted by Gasteiger charge is 2.22. The first-order valence-corrected chi connectivity index (χ1v) is 9.19. The van der Waals surface area contributed by atoms with Gasteiger partial charge in [0.15, 0.2) is 5.69 Å². The van der Waals surface area contributed by atoms with Gasteiger partial charge in [-0.3, -0.25) is 14.3 Å². The number of rotatable bonds is 4. The molecule has 0 aliphatic heterocycles. The van der Waals surface area contributed by atoms with Crippen LogP contribution in [0.2, 0.25) is 10.0 Å². The summed E-state index contributed by atoms with van der Waals surface area (Å²) in [6.45, 7) is 3.70. The molecule has 144 valence electrons. The van der Waals surface area contributed by atoms with Crippen molar-refractivity contribution in [3.63, 3.8) is 0 Å². The summed E-state index contributed by atoms with van der Waals surface area (Å²) in [4.78, 5) is 25.5. The third kappa shape index (κ3) is 4.35. The minimum Gasteiger partial charge on any atom is -0.322 e. The number of aromatic nitrogens is 2. The molecule has 1 aromatic heterocycles. The monoisotopic (exact) mass is 416 g/mol. The molecule has 0 fully saturated rings. The standard InChI is InChI=1S/C20H18Cl2N4O2/c1-11-4-6-13(21)8-16(11)23-19(27)15-10-26(3)25-18(15)20(28)24-17-9-14(22)7-5-12(17)2/h4-10H,1-3H3,(H,23,27)(H,24,28). The third-order valence-electron chi connectivity index (χ3n) is 4.18. The highest BCUT2D eigenvalue weighted by Crippen LogP contribution is 2.23. The van der Waals surface area contributed by atoms with Crippen LogP contribution in [-0.4, -0.2) is 21.6 Å². The van der Waals surface area contributed by atoms with Gasteiger partial charge in [-0.15, -0.1) is 0 Å². The average Bonchev–Trinajstić information content (AvgIpc) is 3.03. The number of carbonyl (C=O) groups excluding carboxylic acids is 2. The van der Waals surface area contributed by atoms with Gasteiger partial charge in [-0.25, -0.2) is 0 Å². The van der Waals surface area contributed by atoms with E-state index in [4.69, 9.17) is 23.2 Å². The molecule has 2 amide bonds. The van der Waals surface area contributed by atoms with E-state index in [0.717, 1.165) is 11.1 Å². The lowest BCUT2D eigenvalue weighted by molar-refractivity contribution is 0.0988. The maximum Gasteiger partial charge on any atom is 0.277 e. The van der Waals surface area contributed by atoms with Crippen LogP contribution in [-0.2, 0) is 7.05 Å². The zero-order valence-electron chi connectivity index (χ0n) is 15.5. The Bertz CT molecular complexity index is 993. The van der Waals surface area contributed by atoms with E-state index >= 15 is 0 Å². The lowest BCUT2D eigenvalue weighted by Crippen LogP contribution is -2.20. The highest BCUT2D eigenvalue weighted by molar-refractivity contribution is 6.31. The van der Waals surface area contributed by atoms with Crippen LogP contribution in [0.3, 0.4) is 0 Å². The zero-order valence-corrected chi connectivity index (χ0v) is 17.0. The van der Waals surface area contributed by atoms with E-state index in [1.807, 2.05) is 13.8 Å². The van der Waals surface area contributed by atoms with Gasteiger partial charge in [0.05, 0.1) is 5.56 Å². The van der Waals surface area contributed by atoms with Crippen LogP contribution >= 0.6 is 23.2 Å². The van der Waals surface area contributed by atoms with Crippen LogP contribution < -0.4 is 10.6 Å². The maximum absolute atomic E-state index is 12.8. The van der Waals surface area contributed by atoms with Gasteiger partial charge in [0.1, 0.15) is 0 Å². The van der Waals surface area contributed by atoms with E-state index in [0.29, 0.717) is 21.4 Å². The molecule has 0 aliphatic rings. The van der Waals surface area contributed by atoms with Crippen molar-refractivity contribution in [1.29, 1.82) is 0 Å². The van der Waals surface area contributed by atoms with Gasteiger partial charge in [0.2, 0.25) is 0 Å². The Hall–Kier alpha value is -2.83. The molecule has 6 nitrogen and oxygen atoms in total. The lowest BCUT2D eigenvalue weighted by Gasteiger charge is -2.10. The van der Waals surface area contributed by atoms with Crippen molar-refractivity contribution in [2.24, 2.45) is 7.05 Å². The quantitative estimate of drug-likeness (QED) is 0.637. The number of aryl methyl sites for hydroxylation is 3. The molecule has 0 saturated heterocycles. The Kier molecular flexibility index (Phi) is 5.72. The summed E-state index contributed by atoms with van der Waals surface area (Å²) < 4.78 is 1.42. The molecule has 0 spiro atoms. The van der Waals surface area contributed by atoms with Crippen LogP contribution in [0.25, 0.3) is 0 Å². The molecule has 0 aliphatic carbocycles. The fourth-order valence-corrected chi connectivity index (χ4v) is 3.00. The molecule has 0 radical (unpaired) electrons. The molecule has 28 heavy (non-hydrogen) atoms. The van der Waals surface area contributed by atoms with Gasteiger partial charge in [-0.05, 0) is 49.2 Å². The maximum atomic E-state index is 12.8. The summed E-state index contributed by atoms with van der Waals surface area (Å²) in [7, 11) is 1.64. The summed E-state index contributed by atoms with van der Waals surface area (Å²) in [5.41, 5.74) is 2.98. The average molecular weight is 417 g/mol. The number of carbonyl (C=O) groups is 2. The van der Waals surface area contributed by atoms with Crippen LogP contribution in [0.15, 0.2) is 42.6 Å². The largest absolute Gasteiger partial charge is 0.322 e. The second-order valence-corrected chi connectivity index (χ2v) is 7.26. The van der Waals surface area contributed by atoms with Gasteiger partial charge in [0.25, 0.3) is 11.8 Å². The van der Waals surface area contributed by atoms with Crippen molar-refractivity contribution < 1.29 is 9.59 Å². The topological polar surface area (TPSA) is 76.0 Å². The van der Waals surface area contributed by atoms with E-state index in [-0.39, 0.29) is 11.3 Å². The first-order chi connectivity index (χ1) is 13.2.